The summed E-state index contributed by atoms with van der Waals surface area (Å²) < 4.78 is 0. The van der Waals surface area contributed by atoms with Gasteiger partial charge in [-0.1, -0.05) is 42.5 Å². The van der Waals surface area contributed by atoms with Gasteiger partial charge < -0.3 is 15.7 Å². The van der Waals surface area contributed by atoms with E-state index < -0.39 is 5.60 Å². The number of nitrogens with one attached hydrogen (secondary N) is 2. The molecule has 0 amide bonds. The lowest BCUT2D eigenvalue weighted by molar-refractivity contribution is 0.0617. The number of aliphatic imine (C=N–C) groups is 1. The number of rotatable bonds is 6. The van der Waals surface area contributed by atoms with Crippen molar-refractivity contribution in [2.75, 3.05) is 13.1 Å². The first-order chi connectivity index (χ1) is 12.0. The summed E-state index contributed by atoms with van der Waals surface area (Å²) in [4.78, 5) is 4.53. The molecule has 130 valence electrons. The zero-order valence-electron chi connectivity index (χ0n) is 14.7. The van der Waals surface area contributed by atoms with Crippen molar-refractivity contribution in [1.29, 1.82) is 5.26 Å². The lowest BCUT2D eigenvalue weighted by Crippen LogP contribution is -2.44. The smallest absolute Gasteiger partial charge is 0.191 e. The molecular formula is C20H24N4O. The first-order valence-electron chi connectivity index (χ1n) is 8.34. The Morgan fingerprint density at radius 2 is 1.92 bits per heavy atom. The highest BCUT2D eigenvalue weighted by atomic mass is 16.3. The van der Waals surface area contributed by atoms with Gasteiger partial charge in [-0.05, 0) is 37.1 Å². The molecular weight excluding hydrogens is 312 g/mol. The number of nitrogens with zero attached hydrogens (tertiary/aromatic N) is 2. The Balaban J connectivity index is 2.03. The summed E-state index contributed by atoms with van der Waals surface area (Å²) in [6.45, 7) is 5.27. The van der Waals surface area contributed by atoms with Gasteiger partial charge >= 0.3 is 0 Å². The molecule has 2 rings (SSSR count). The van der Waals surface area contributed by atoms with Crippen molar-refractivity contribution in [3.63, 3.8) is 0 Å². The van der Waals surface area contributed by atoms with Crippen molar-refractivity contribution in [1.82, 2.24) is 10.6 Å². The molecule has 0 fully saturated rings. The minimum Gasteiger partial charge on any atom is -0.384 e. The molecule has 5 heteroatoms. The summed E-state index contributed by atoms with van der Waals surface area (Å²) in [6.07, 6.45) is 0. The second-order valence-corrected chi connectivity index (χ2v) is 6.00. The maximum absolute atomic E-state index is 10.7. The van der Waals surface area contributed by atoms with E-state index in [4.69, 9.17) is 5.26 Å². The Bertz CT molecular complexity index is 748. The van der Waals surface area contributed by atoms with Gasteiger partial charge in [0.25, 0.3) is 0 Å². The average Bonchev–Trinajstić information content (AvgIpc) is 2.65. The standard InChI is InChI=1S/C20H24N4O/c1-3-22-19(23-14-17-9-7-8-16(12-17)13-21)24-15-20(2,25)18-10-5-4-6-11-18/h4-12,25H,3,14-15H2,1-2H3,(H2,22,23,24). The third kappa shape index (κ3) is 5.63. The van der Waals surface area contributed by atoms with E-state index in [1.165, 1.54) is 0 Å². The maximum Gasteiger partial charge on any atom is 0.191 e. The van der Waals surface area contributed by atoms with Crippen molar-refractivity contribution in [2.24, 2.45) is 4.99 Å². The summed E-state index contributed by atoms with van der Waals surface area (Å²) in [7, 11) is 0. The van der Waals surface area contributed by atoms with Crippen LogP contribution in [-0.4, -0.2) is 24.2 Å². The average molecular weight is 336 g/mol. The molecule has 5 nitrogen and oxygen atoms in total. The Hall–Kier alpha value is -2.84. The molecule has 2 aromatic rings. The molecule has 2 aromatic carbocycles. The molecule has 0 spiro atoms. The highest BCUT2D eigenvalue weighted by Gasteiger charge is 2.22. The first-order valence-corrected chi connectivity index (χ1v) is 8.34. The fourth-order valence-corrected chi connectivity index (χ4v) is 2.41. The number of nitriles is 1. The zero-order chi connectivity index (χ0) is 18.1. The minimum absolute atomic E-state index is 0.334. The molecule has 1 unspecified atom stereocenters. The van der Waals surface area contributed by atoms with Gasteiger partial charge in [0.05, 0.1) is 24.7 Å². The van der Waals surface area contributed by atoms with E-state index in [9.17, 15) is 5.11 Å². The summed E-state index contributed by atoms with van der Waals surface area (Å²) in [5, 5.41) is 26.0. The fourth-order valence-electron chi connectivity index (χ4n) is 2.41. The SMILES string of the molecule is CCNC(=NCc1cccc(C#N)c1)NCC(C)(O)c1ccccc1. The Labute approximate surface area is 149 Å². The third-order valence-electron chi connectivity index (χ3n) is 3.82. The van der Waals surface area contributed by atoms with Gasteiger partial charge in [-0.15, -0.1) is 0 Å². The molecule has 0 aliphatic rings. The van der Waals surface area contributed by atoms with E-state index in [2.05, 4.69) is 21.7 Å². The number of hydrogen-bond acceptors (Lipinski definition) is 3. The van der Waals surface area contributed by atoms with Crippen LogP contribution in [0, 0.1) is 11.3 Å². The predicted octanol–water partition coefficient (Wildman–Crippen LogP) is 2.52. The fraction of sp³-hybridized carbons (Fsp3) is 0.300. The van der Waals surface area contributed by atoms with Crippen molar-refractivity contribution in [3.8, 4) is 6.07 Å². The maximum atomic E-state index is 10.7. The summed E-state index contributed by atoms with van der Waals surface area (Å²) in [5.74, 6) is 0.626. The van der Waals surface area contributed by atoms with Gasteiger partial charge in [0.1, 0.15) is 5.60 Å². The van der Waals surface area contributed by atoms with Crippen LogP contribution >= 0.6 is 0 Å². The van der Waals surface area contributed by atoms with Crippen molar-refractivity contribution in [2.45, 2.75) is 26.0 Å². The lowest BCUT2D eigenvalue weighted by Gasteiger charge is -2.25. The van der Waals surface area contributed by atoms with Gasteiger partial charge in [-0.25, -0.2) is 4.99 Å². The topological polar surface area (TPSA) is 80.4 Å². The van der Waals surface area contributed by atoms with Crippen LogP contribution in [0.2, 0.25) is 0 Å². The monoisotopic (exact) mass is 336 g/mol. The quantitative estimate of drug-likeness (QED) is 0.559. The molecule has 0 aliphatic heterocycles. The van der Waals surface area contributed by atoms with Gasteiger partial charge in [0.15, 0.2) is 5.96 Å². The van der Waals surface area contributed by atoms with Crippen molar-refractivity contribution in [3.05, 3.63) is 71.3 Å². The predicted molar refractivity (Wildman–Crippen MR) is 100.0 cm³/mol. The van der Waals surface area contributed by atoms with E-state index in [0.717, 1.165) is 17.7 Å². The molecule has 0 radical (unpaired) electrons. The molecule has 0 aromatic heterocycles. The van der Waals surface area contributed by atoms with Crippen LogP contribution in [0.1, 0.15) is 30.5 Å². The molecule has 0 saturated heterocycles. The number of hydrogen-bond donors (Lipinski definition) is 3. The highest BCUT2D eigenvalue weighted by molar-refractivity contribution is 5.79. The lowest BCUT2D eigenvalue weighted by atomic mass is 9.96. The highest BCUT2D eigenvalue weighted by Crippen LogP contribution is 2.18. The summed E-state index contributed by atoms with van der Waals surface area (Å²) in [6, 6.07) is 19.1. The molecule has 3 N–H and O–H groups in total. The van der Waals surface area contributed by atoms with Crippen LogP contribution in [0.5, 0.6) is 0 Å². The molecule has 1 atom stereocenters. The van der Waals surface area contributed by atoms with E-state index in [1.807, 2.05) is 55.5 Å². The van der Waals surface area contributed by atoms with Crippen LogP contribution in [0.4, 0.5) is 0 Å². The second-order valence-electron chi connectivity index (χ2n) is 6.00. The second kappa shape index (κ2) is 8.86. The number of guanidine groups is 1. The van der Waals surface area contributed by atoms with Gasteiger partial charge in [0.2, 0.25) is 0 Å². The van der Waals surface area contributed by atoms with Crippen LogP contribution in [-0.2, 0) is 12.1 Å². The van der Waals surface area contributed by atoms with Crippen molar-refractivity contribution >= 4 is 5.96 Å². The molecule has 0 aliphatic carbocycles. The van der Waals surface area contributed by atoms with E-state index in [-0.39, 0.29) is 0 Å². The van der Waals surface area contributed by atoms with E-state index in [0.29, 0.717) is 24.6 Å². The summed E-state index contributed by atoms with van der Waals surface area (Å²) >= 11 is 0. The number of aliphatic hydroxyl groups is 1. The minimum atomic E-state index is -1.00. The van der Waals surface area contributed by atoms with Gasteiger partial charge in [-0.3, -0.25) is 0 Å². The van der Waals surface area contributed by atoms with Crippen LogP contribution in [0.3, 0.4) is 0 Å². The normalized spacial score (nSPS) is 13.6. The Morgan fingerprint density at radius 3 is 2.60 bits per heavy atom. The third-order valence-corrected chi connectivity index (χ3v) is 3.82. The van der Waals surface area contributed by atoms with Crippen LogP contribution in [0.15, 0.2) is 59.6 Å². The molecule has 0 bridgehead atoms. The Morgan fingerprint density at radius 1 is 1.16 bits per heavy atom. The largest absolute Gasteiger partial charge is 0.384 e. The van der Waals surface area contributed by atoms with Gasteiger partial charge in [-0.2, -0.15) is 5.26 Å². The molecule has 0 heterocycles. The van der Waals surface area contributed by atoms with Crippen molar-refractivity contribution < 1.29 is 5.11 Å². The number of benzene rings is 2. The van der Waals surface area contributed by atoms with Crippen LogP contribution in [0.25, 0.3) is 0 Å². The van der Waals surface area contributed by atoms with E-state index >= 15 is 0 Å². The van der Waals surface area contributed by atoms with Crippen LogP contribution < -0.4 is 10.6 Å². The molecule has 25 heavy (non-hydrogen) atoms. The molecule has 0 saturated carbocycles. The zero-order valence-corrected chi connectivity index (χ0v) is 14.7. The first kappa shape index (κ1) is 18.5. The Kier molecular flexibility index (Phi) is 6.55. The van der Waals surface area contributed by atoms with Gasteiger partial charge in [0, 0.05) is 6.54 Å². The van der Waals surface area contributed by atoms with E-state index in [1.54, 1.807) is 13.0 Å². The summed E-state index contributed by atoms with van der Waals surface area (Å²) in [5.41, 5.74) is 1.43.